The highest BCUT2D eigenvalue weighted by Gasteiger charge is 2.05. The first-order valence-corrected chi connectivity index (χ1v) is 7.91. The number of hydrogen-bond acceptors (Lipinski definition) is 1. The van der Waals surface area contributed by atoms with Crippen LogP contribution in [0.5, 0.6) is 5.75 Å². The molecule has 0 unspecified atom stereocenters. The van der Waals surface area contributed by atoms with Gasteiger partial charge >= 0.3 is 0 Å². The van der Waals surface area contributed by atoms with Crippen molar-refractivity contribution in [1.29, 1.82) is 0 Å². The summed E-state index contributed by atoms with van der Waals surface area (Å²) < 4.78 is 0. The quantitative estimate of drug-likeness (QED) is 0.611. The molecule has 0 bridgehead atoms. The van der Waals surface area contributed by atoms with E-state index in [1.54, 1.807) is 6.07 Å². The Balaban J connectivity index is 1.90. The van der Waals surface area contributed by atoms with Gasteiger partial charge in [0.2, 0.25) is 0 Å². The van der Waals surface area contributed by atoms with Crippen molar-refractivity contribution in [3.05, 3.63) is 102 Å². The van der Waals surface area contributed by atoms with Gasteiger partial charge in [0.15, 0.2) is 0 Å². The summed E-state index contributed by atoms with van der Waals surface area (Å²) in [6.45, 7) is 0. The Morgan fingerprint density at radius 1 is 0.739 bits per heavy atom. The lowest BCUT2D eigenvalue weighted by Crippen LogP contribution is -1.90. The number of rotatable bonds is 5. The zero-order valence-corrected chi connectivity index (χ0v) is 13.0. The summed E-state index contributed by atoms with van der Waals surface area (Å²) in [6, 6.07) is 28.3. The lowest BCUT2D eigenvalue weighted by atomic mass is 9.96. The first kappa shape index (κ1) is 15.1. The zero-order valence-electron chi connectivity index (χ0n) is 13.0. The van der Waals surface area contributed by atoms with Crippen LogP contribution >= 0.6 is 0 Å². The molecule has 1 N–H and O–H groups in total. The summed E-state index contributed by atoms with van der Waals surface area (Å²) in [5, 5.41) is 10.0. The van der Waals surface area contributed by atoms with Crippen molar-refractivity contribution < 1.29 is 5.11 Å². The highest BCUT2D eigenvalue weighted by Crippen LogP contribution is 2.27. The van der Waals surface area contributed by atoms with E-state index in [1.807, 2.05) is 30.3 Å². The first-order valence-electron chi connectivity index (χ1n) is 7.91. The smallest absolute Gasteiger partial charge is 0.122 e. The average Bonchev–Trinajstić information content (AvgIpc) is 2.62. The minimum absolute atomic E-state index is 0.320. The Labute approximate surface area is 137 Å². The van der Waals surface area contributed by atoms with Gasteiger partial charge in [0.1, 0.15) is 5.75 Å². The second-order valence-corrected chi connectivity index (χ2v) is 5.58. The van der Waals surface area contributed by atoms with Gasteiger partial charge < -0.3 is 5.11 Å². The molecule has 0 aliphatic rings. The normalized spacial score (nSPS) is 11.4. The number of allylic oxidation sites excluding steroid dienone is 1. The van der Waals surface area contributed by atoms with E-state index in [1.165, 1.54) is 16.7 Å². The van der Waals surface area contributed by atoms with Crippen molar-refractivity contribution in [2.24, 2.45) is 0 Å². The highest BCUT2D eigenvalue weighted by molar-refractivity contribution is 5.83. The van der Waals surface area contributed by atoms with Crippen LogP contribution in [0, 0.1) is 0 Å². The average molecular weight is 300 g/mol. The summed E-state index contributed by atoms with van der Waals surface area (Å²) in [5.41, 5.74) is 4.62. The van der Waals surface area contributed by atoms with E-state index >= 15 is 0 Å². The third-order valence-electron chi connectivity index (χ3n) is 3.94. The summed E-state index contributed by atoms with van der Waals surface area (Å²) >= 11 is 0. The molecular formula is C22H20O. The highest BCUT2D eigenvalue weighted by atomic mass is 16.3. The zero-order chi connectivity index (χ0) is 15.9. The number of aromatic hydroxyl groups is 1. The van der Waals surface area contributed by atoms with Crippen molar-refractivity contribution in [3.8, 4) is 5.75 Å². The molecule has 0 fully saturated rings. The van der Waals surface area contributed by atoms with Crippen LogP contribution in [0.15, 0.2) is 84.9 Å². The maximum atomic E-state index is 10.0. The predicted octanol–water partition coefficient (Wildman–Crippen LogP) is 5.57. The first-order chi connectivity index (χ1) is 11.3. The van der Waals surface area contributed by atoms with Gasteiger partial charge in [-0.05, 0) is 41.7 Å². The Kier molecular flexibility index (Phi) is 4.90. The standard InChI is InChI=1S/C22H20O/c23-22-14-8-7-13-21(22)17-20(19-11-5-2-6-12-19)16-15-18-9-3-1-4-10-18/h1-14,17,23H,15-16H2. The molecule has 0 saturated carbocycles. The molecule has 114 valence electrons. The molecule has 0 spiro atoms. The van der Waals surface area contributed by atoms with E-state index < -0.39 is 0 Å². The van der Waals surface area contributed by atoms with Crippen LogP contribution in [0.25, 0.3) is 11.6 Å². The van der Waals surface area contributed by atoms with Gasteiger partial charge in [-0.15, -0.1) is 0 Å². The fourth-order valence-corrected chi connectivity index (χ4v) is 2.67. The Morgan fingerprint density at radius 3 is 2.04 bits per heavy atom. The second-order valence-electron chi connectivity index (χ2n) is 5.58. The molecule has 3 rings (SSSR count). The molecule has 0 saturated heterocycles. The van der Waals surface area contributed by atoms with Crippen LogP contribution in [-0.2, 0) is 6.42 Å². The molecule has 1 heteroatoms. The number of phenols is 1. The van der Waals surface area contributed by atoms with Gasteiger partial charge in [-0.1, -0.05) is 78.9 Å². The summed E-state index contributed by atoms with van der Waals surface area (Å²) in [4.78, 5) is 0. The molecule has 0 aliphatic carbocycles. The van der Waals surface area contributed by atoms with Crippen LogP contribution in [0.3, 0.4) is 0 Å². The van der Waals surface area contributed by atoms with Gasteiger partial charge in [0.25, 0.3) is 0 Å². The Bertz CT molecular complexity index is 773. The van der Waals surface area contributed by atoms with E-state index in [-0.39, 0.29) is 0 Å². The SMILES string of the molecule is Oc1ccccc1C=C(CCc1ccccc1)c1ccccc1. The van der Waals surface area contributed by atoms with Gasteiger partial charge in [0.05, 0.1) is 0 Å². The van der Waals surface area contributed by atoms with Crippen LogP contribution in [0.1, 0.15) is 23.1 Å². The molecular weight excluding hydrogens is 280 g/mol. The number of para-hydroxylation sites is 1. The molecule has 0 aliphatic heterocycles. The third kappa shape index (κ3) is 4.10. The molecule has 0 aromatic heterocycles. The summed E-state index contributed by atoms with van der Waals surface area (Å²) in [5.74, 6) is 0.320. The van der Waals surface area contributed by atoms with Crippen molar-refractivity contribution >= 4 is 11.6 Å². The van der Waals surface area contributed by atoms with E-state index in [9.17, 15) is 5.11 Å². The van der Waals surface area contributed by atoms with Gasteiger partial charge in [0, 0.05) is 5.56 Å². The molecule has 23 heavy (non-hydrogen) atoms. The fraction of sp³-hybridized carbons (Fsp3) is 0.0909. The van der Waals surface area contributed by atoms with Crippen LogP contribution in [-0.4, -0.2) is 5.11 Å². The van der Waals surface area contributed by atoms with Crippen LogP contribution in [0.4, 0.5) is 0 Å². The molecule has 0 amide bonds. The van der Waals surface area contributed by atoms with E-state index in [2.05, 4.69) is 54.6 Å². The van der Waals surface area contributed by atoms with Crippen molar-refractivity contribution in [3.63, 3.8) is 0 Å². The Morgan fingerprint density at radius 2 is 1.35 bits per heavy atom. The maximum absolute atomic E-state index is 10.0. The third-order valence-corrected chi connectivity index (χ3v) is 3.94. The van der Waals surface area contributed by atoms with E-state index in [0.29, 0.717) is 5.75 Å². The predicted molar refractivity (Wildman–Crippen MR) is 97.2 cm³/mol. The topological polar surface area (TPSA) is 20.2 Å². The van der Waals surface area contributed by atoms with Gasteiger partial charge in [-0.2, -0.15) is 0 Å². The molecule has 0 heterocycles. The number of hydrogen-bond donors (Lipinski definition) is 1. The van der Waals surface area contributed by atoms with Crippen molar-refractivity contribution in [2.75, 3.05) is 0 Å². The molecule has 0 atom stereocenters. The van der Waals surface area contributed by atoms with Gasteiger partial charge in [-0.25, -0.2) is 0 Å². The minimum atomic E-state index is 0.320. The lowest BCUT2D eigenvalue weighted by Gasteiger charge is -2.09. The van der Waals surface area contributed by atoms with E-state index in [4.69, 9.17) is 0 Å². The van der Waals surface area contributed by atoms with E-state index in [0.717, 1.165) is 18.4 Å². The van der Waals surface area contributed by atoms with Crippen LogP contribution < -0.4 is 0 Å². The summed E-state index contributed by atoms with van der Waals surface area (Å²) in [7, 11) is 0. The molecule has 0 radical (unpaired) electrons. The largest absolute Gasteiger partial charge is 0.507 e. The molecule has 1 nitrogen and oxygen atoms in total. The minimum Gasteiger partial charge on any atom is -0.507 e. The molecule has 3 aromatic carbocycles. The number of phenolic OH excluding ortho intramolecular Hbond substituents is 1. The second kappa shape index (κ2) is 7.46. The lowest BCUT2D eigenvalue weighted by molar-refractivity contribution is 0.474. The fourth-order valence-electron chi connectivity index (χ4n) is 2.67. The van der Waals surface area contributed by atoms with Crippen molar-refractivity contribution in [2.45, 2.75) is 12.8 Å². The summed E-state index contributed by atoms with van der Waals surface area (Å²) in [6.07, 6.45) is 4.01. The van der Waals surface area contributed by atoms with Crippen LogP contribution in [0.2, 0.25) is 0 Å². The monoisotopic (exact) mass is 300 g/mol. The maximum Gasteiger partial charge on any atom is 0.122 e. The number of aryl methyl sites for hydroxylation is 1. The van der Waals surface area contributed by atoms with Crippen molar-refractivity contribution in [1.82, 2.24) is 0 Å². The Hall–Kier alpha value is -2.80. The molecule has 3 aromatic rings. The van der Waals surface area contributed by atoms with Gasteiger partial charge in [-0.3, -0.25) is 0 Å². The number of benzene rings is 3.